The normalized spacial score (nSPS) is 19.5. The summed E-state index contributed by atoms with van der Waals surface area (Å²) in [5.41, 5.74) is 4.02. The number of ether oxygens (including phenoxy) is 1. The van der Waals surface area contributed by atoms with E-state index in [9.17, 15) is 13.2 Å². The Bertz CT molecular complexity index is 969. The lowest BCUT2D eigenvalue weighted by Crippen LogP contribution is -2.46. The fraction of sp³-hybridized carbons (Fsp3) is 0.474. The maximum Gasteiger partial charge on any atom is 0.341 e. The van der Waals surface area contributed by atoms with Crippen molar-refractivity contribution < 1.29 is 17.9 Å². The summed E-state index contributed by atoms with van der Waals surface area (Å²) in [4.78, 5) is 19.0. The van der Waals surface area contributed by atoms with Crippen LogP contribution in [-0.2, 0) is 14.6 Å². The van der Waals surface area contributed by atoms with Gasteiger partial charge in [0, 0.05) is 24.7 Å². The number of fused-ring (bicyclic) bond motifs is 1. The van der Waals surface area contributed by atoms with Crippen molar-refractivity contribution in [2.45, 2.75) is 32.9 Å². The van der Waals surface area contributed by atoms with Crippen LogP contribution >= 0.6 is 0 Å². The van der Waals surface area contributed by atoms with Crippen LogP contribution < -0.4 is 4.90 Å². The number of pyridine rings is 1. The molecule has 7 heteroatoms. The van der Waals surface area contributed by atoms with E-state index in [1.54, 1.807) is 20.0 Å². The molecule has 0 saturated carbocycles. The van der Waals surface area contributed by atoms with E-state index in [-0.39, 0.29) is 12.4 Å². The number of carbonyl (C=O) groups excluding carboxylic acids is 1. The van der Waals surface area contributed by atoms with Gasteiger partial charge in [0.25, 0.3) is 0 Å². The molecule has 26 heavy (non-hydrogen) atoms. The second-order valence-electron chi connectivity index (χ2n) is 6.84. The van der Waals surface area contributed by atoms with Gasteiger partial charge < -0.3 is 9.64 Å². The molecule has 1 aromatic carbocycles. The van der Waals surface area contributed by atoms with Crippen molar-refractivity contribution in [3.05, 3.63) is 35.0 Å². The predicted molar refractivity (Wildman–Crippen MR) is 103 cm³/mol. The van der Waals surface area contributed by atoms with E-state index in [1.165, 1.54) is 0 Å². The van der Waals surface area contributed by atoms with Gasteiger partial charge in [0.15, 0.2) is 9.84 Å². The summed E-state index contributed by atoms with van der Waals surface area (Å²) in [5, 5.41) is 0.375. The third kappa shape index (κ3) is 3.28. The number of nitrogens with zero attached hydrogens (tertiary/aromatic N) is 2. The molecule has 6 nitrogen and oxygen atoms in total. The number of hydrogen-bond donors (Lipinski definition) is 0. The van der Waals surface area contributed by atoms with E-state index in [0.717, 1.165) is 27.7 Å². The van der Waals surface area contributed by atoms with E-state index in [1.807, 2.05) is 30.9 Å². The molecular formula is C19H24N2O4S. The smallest absolute Gasteiger partial charge is 0.341 e. The molecule has 1 saturated heterocycles. The van der Waals surface area contributed by atoms with Crippen molar-refractivity contribution in [3.63, 3.8) is 0 Å². The molecule has 0 amide bonds. The highest BCUT2D eigenvalue weighted by Crippen LogP contribution is 2.34. The van der Waals surface area contributed by atoms with Gasteiger partial charge in [-0.1, -0.05) is 11.6 Å². The maximum atomic E-state index is 12.5. The average molecular weight is 376 g/mol. The van der Waals surface area contributed by atoms with Crippen LogP contribution in [0.2, 0.25) is 0 Å². The Balaban J connectivity index is 2.22. The molecule has 3 rings (SSSR count). The minimum atomic E-state index is -3.09. The standard InChI is InChI=1S/C19H24N2O4S/c1-5-25-19(22)16-10-20-17-13(3)8-12(2)9-15(17)18(16)21-6-7-26(23,24)14(4)11-21/h8-10,14H,5-7,11H2,1-4H3. The molecule has 1 unspecified atom stereocenters. The van der Waals surface area contributed by atoms with Crippen LogP contribution in [-0.4, -0.2) is 50.1 Å². The second kappa shape index (κ2) is 6.87. The van der Waals surface area contributed by atoms with Crippen LogP contribution in [0.1, 0.15) is 35.3 Å². The number of anilines is 1. The minimum absolute atomic E-state index is 0.0745. The van der Waals surface area contributed by atoms with Crippen molar-refractivity contribution >= 4 is 32.4 Å². The van der Waals surface area contributed by atoms with Gasteiger partial charge in [-0.05, 0) is 39.3 Å². The quantitative estimate of drug-likeness (QED) is 0.767. The van der Waals surface area contributed by atoms with Crippen LogP contribution in [0.4, 0.5) is 5.69 Å². The molecule has 0 radical (unpaired) electrons. The molecule has 140 valence electrons. The zero-order chi connectivity index (χ0) is 19.1. The SMILES string of the molecule is CCOC(=O)c1cnc2c(C)cc(C)cc2c1N1CCS(=O)(=O)C(C)C1. The number of aromatic nitrogens is 1. The Hall–Kier alpha value is -2.15. The van der Waals surface area contributed by atoms with Crippen LogP contribution in [0.25, 0.3) is 10.9 Å². The van der Waals surface area contributed by atoms with Gasteiger partial charge in [0.2, 0.25) is 0 Å². The van der Waals surface area contributed by atoms with Gasteiger partial charge in [-0.25, -0.2) is 13.2 Å². The molecule has 1 fully saturated rings. The molecule has 1 atom stereocenters. The van der Waals surface area contributed by atoms with Gasteiger partial charge in [-0.2, -0.15) is 0 Å². The first-order valence-corrected chi connectivity index (χ1v) is 10.5. The summed E-state index contributed by atoms with van der Waals surface area (Å²) < 4.78 is 29.5. The molecule has 2 aromatic rings. The van der Waals surface area contributed by atoms with E-state index in [2.05, 4.69) is 4.98 Å². The lowest BCUT2D eigenvalue weighted by molar-refractivity contribution is 0.0527. The number of hydrogen-bond acceptors (Lipinski definition) is 6. The first-order chi connectivity index (χ1) is 12.2. The third-order valence-electron chi connectivity index (χ3n) is 4.83. The maximum absolute atomic E-state index is 12.5. The Morgan fingerprint density at radius 3 is 2.73 bits per heavy atom. The molecule has 0 spiro atoms. The summed E-state index contributed by atoms with van der Waals surface area (Å²) in [6.45, 7) is 8.43. The fourth-order valence-corrected chi connectivity index (χ4v) is 4.79. The number of esters is 1. The van der Waals surface area contributed by atoms with E-state index in [4.69, 9.17) is 4.74 Å². The van der Waals surface area contributed by atoms with Gasteiger partial charge in [-0.15, -0.1) is 0 Å². The Labute approximate surface area is 154 Å². The number of sulfone groups is 1. The van der Waals surface area contributed by atoms with E-state index < -0.39 is 21.1 Å². The molecule has 1 aliphatic rings. The topological polar surface area (TPSA) is 76.6 Å². The first-order valence-electron chi connectivity index (χ1n) is 8.78. The van der Waals surface area contributed by atoms with Gasteiger partial charge in [-0.3, -0.25) is 4.98 Å². The van der Waals surface area contributed by atoms with Crippen molar-refractivity contribution in [2.24, 2.45) is 0 Å². The Morgan fingerprint density at radius 2 is 2.08 bits per heavy atom. The highest BCUT2D eigenvalue weighted by Gasteiger charge is 2.32. The minimum Gasteiger partial charge on any atom is -0.462 e. The Kier molecular flexibility index (Phi) is 4.92. The van der Waals surface area contributed by atoms with Crippen LogP contribution in [0.5, 0.6) is 0 Å². The summed E-state index contributed by atoms with van der Waals surface area (Å²) >= 11 is 0. The third-order valence-corrected chi connectivity index (χ3v) is 6.95. The zero-order valence-electron chi connectivity index (χ0n) is 15.6. The fourth-order valence-electron chi connectivity index (χ4n) is 3.50. The van der Waals surface area contributed by atoms with Crippen LogP contribution in [0.3, 0.4) is 0 Å². The summed E-state index contributed by atoms with van der Waals surface area (Å²) in [6.07, 6.45) is 1.55. The van der Waals surface area contributed by atoms with Crippen molar-refractivity contribution in [1.29, 1.82) is 0 Å². The average Bonchev–Trinajstić information content (AvgIpc) is 2.56. The molecule has 2 heterocycles. The predicted octanol–water partition coefficient (Wildman–Crippen LogP) is 2.65. The highest BCUT2D eigenvalue weighted by molar-refractivity contribution is 7.92. The van der Waals surface area contributed by atoms with Gasteiger partial charge in [0.05, 0.1) is 28.8 Å². The summed E-state index contributed by atoms with van der Waals surface area (Å²) in [5.74, 6) is -0.359. The molecule has 0 N–H and O–H groups in total. The molecule has 0 bridgehead atoms. The highest BCUT2D eigenvalue weighted by atomic mass is 32.2. The molecule has 0 aliphatic carbocycles. The number of aryl methyl sites for hydroxylation is 2. The number of carbonyl (C=O) groups is 1. The summed E-state index contributed by atoms with van der Waals surface area (Å²) in [7, 11) is -3.09. The first kappa shape index (κ1) is 18.6. The van der Waals surface area contributed by atoms with E-state index >= 15 is 0 Å². The van der Waals surface area contributed by atoms with Gasteiger partial charge in [0.1, 0.15) is 5.56 Å². The largest absolute Gasteiger partial charge is 0.462 e. The monoisotopic (exact) mass is 376 g/mol. The van der Waals surface area contributed by atoms with Crippen LogP contribution in [0.15, 0.2) is 18.3 Å². The van der Waals surface area contributed by atoms with E-state index in [0.29, 0.717) is 18.7 Å². The molecule has 1 aliphatic heterocycles. The lowest BCUT2D eigenvalue weighted by atomic mass is 10.0. The zero-order valence-corrected chi connectivity index (χ0v) is 16.4. The number of benzene rings is 1. The molecule has 1 aromatic heterocycles. The van der Waals surface area contributed by atoms with Gasteiger partial charge >= 0.3 is 5.97 Å². The van der Waals surface area contributed by atoms with Crippen molar-refractivity contribution in [2.75, 3.05) is 30.3 Å². The second-order valence-corrected chi connectivity index (χ2v) is 9.38. The molecular weight excluding hydrogens is 352 g/mol. The number of rotatable bonds is 3. The summed E-state index contributed by atoms with van der Waals surface area (Å²) in [6, 6.07) is 4.05. The Morgan fingerprint density at radius 1 is 1.35 bits per heavy atom. The lowest BCUT2D eigenvalue weighted by Gasteiger charge is -2.34. The van der Waals surface area contributed by atoms with Crippen molar-refractivity contribution in [3.8, 4) is 0 Å². The van der Waals surface area contributed by atoms with Crippen molar-refractivity contribution in [1.82, 2.24) is 4.98 Å². The van der Waals surface area contributed by atoms with Crippen LogP contribution in [0, 0.1) is 13.8 Å².